The number of nitrogens with one attached hydrogen (secondary N) is 1. The molecule has 1 amide bonds. The van der Waals surface area contributed by atoms with Crippen molar-refractivity contribution in [3.63, 3.8) is 0 Å². The van der Waals surface area contributed by atoms with Crippen LogP contribution in [0.15, 0.2) is 12.1 Å². The molecule has 1 aromatic rings. The fourth-order valence-electron chi connectivity index (χ4n) is 3.92. The summed E-state index contributed by atoms with van der Waals surface area (Å²) in [6.45, 7) is 8.86. The van der Waals surface area contributed by atoms with Crippen molar-refractivity contribution in [3.8, 4) is 17.6 Å². The summed E-state index contributed by atoms with van der Waals surface area (Å²) in [6, 6.07) is 3.92. The Morgan fingerprint density at radius 2 is 2.19 bits per heavy atom. The highest BCUT2D eigenvalue weighted by Gasteiger charge is 2.34. The lowest BCUT2D eigenvalue weighted by atomic mass is 9.81. The van der Waals surface area contributed by atoms with Gasteiger partial charge in [-0.2, -0.15) is 0 Å². The standard InChI is InChI=1S/C23H33NO3/c1-6-9-18-13-17(3)20(21(14-18)26-5)15-22(25)24-23(4)11-8-10-19(16-23)27-12-7-2/h13-14,19H,7-8,10-12,15-16H2,1-5H3,(H,24,25). The van der Waals surface area contributed by atoms with Crippen molar-refractivity contribution >= 4 is 5.91 Å². The van der Waals surface area contributed by atoms with Crippen LogP contribution >= 0.6 is 0 Å². The molecule has 1 N–H and O–H groups in total. The molecule has 4 heteroatoms. The van der Waals surface area contributed by atoms with Gasteiger partial charge in [0.05, 0.1) is 19.6 Å². The second-order valence-electron chi connectivity index (χ2n) is 7.72. The first-order chi connectivity index (χ1) is 12.9. The van der Waals surface area contributed by atoms with Crippen LogP contribution in [0.1, 0.15) is 69.6 Å². The lowest BCUT2D eigenvalue weighted by Gasteiger charge is -2.38. The van der Waals surface area contributed by atoms with Gasteiger partial charge in [0.25, 0.3) is 0 Å². The van der Waals surface area contributed by atoms with Crippen LogP contribution in [0.3, 0.4) is 0 Å². The molecule has 0 bridgehead atoms. The average Bonchev–Trinajstić information content (AvgIpc) is 2.61. The van der Waals surface area contributed by atoms with Gasteiger partial charge in [-0.1, -0.05) is 12.8 Å². The monoisotopic (exact) mass is 371 g/mol. The minimum atomic E-state index is -0.206. The fraction of sp³-hybridized carbons (Fsp3) is 0.609. The van der Waals surface area contributed by atoms with E-state index < -0.39 is 0 Å². The number of aryl methyl sites for hydroxylation is 1. The molecule has 2 rings (SSSR count). The second-order valence-corrected chi connectivity index (χ2v) is 7.72. The largest absolute Gasteiger partial charge is 0.496 e. The lowest BCUT2D eigenvalue weighted by Crippen LogP contribution is -2.51. The summed E-state index contributed by atoms with van der Waals surface area (Å²) in [5.41, 5.74) is 2.66. The topological polar surface area (TPSA) is 47.6 Å². The number of hydrogen-bond acceptors (Lipinski definition) is 3. The molecule has 1 saturated carbocycles. The first-order valence-electron chi connectivity index (χ1n) is 9.93. The van der Waals surface area contributed by atoms with Gasteiger partial charge in [0, 0.05) is 23.3 Å². The highest BCUT2D eigenvalue weighted by Crippen LogP contribution is 2.31. The van der Waals surface area contributed by atoms with Gasteiger partial charge in [-0.15, -0.1) is 5.92 Å². The number of amides is 1. The lowest BCUT2D eigenvalue weighted by molar-refractivity contribution is -0.123. The van der Waals surface area contributed by atoms with E-state index >= 15 is 0 Å². The molecule has 1 fully saturated rings. The molecule has 0 heterocycles. The van der Waals surface area contributed by atoms with E-state index in [2.05, 4.69) is 31.0 Å². The van der Waals surface area contributed by atoms with Crippen LogP contribution in [0.2, 0.25) is 0 Å². The van der Waals surface area contributed by atoms with E-state index in [1.807, 2.05) is 26.0 Å². The molecule has 148 valence electrons. The van der Waals surface area contributed by atoms with E-state index in [0.29, 0.717) is 6.42 Å². The summed E-state index contributed by atoms with van der Waals surface area (Å²) in [5, 5.41) is 3.27. The second kappa shape index (κ2) is 9.80. The van der Waals surface area contributed by atoms with Gasteiger partial charge in [-0.3, -0.25) is 4.79 Å². The van der Waals surface area contributed by atoms with Crippen molar-refractivity contribution < 1.29 is 14.3 Å². The predicted octanol–water partition coefficient (Wildman–Crippen LogP) is 4.16. The van der Waals surface area contributed by atoms with Gasteiger partial charge in [0.15, 0.2) is 0 Å². The SMILES string of the molecule is CC#Cc1cc(C)c(CC(=O)NC2(C)CCCC(OCCC)C2)c(OC)c1. The van der Waals surface area contributed by atoms with Gasteiger partial charge < -0.3 is 14.8 Å². The Balaban J connectivity index is 2.07. The molecule has 0 aromatic heterocycles. The molecule has 0 spiro atoms. The predicted molar refractivity (Wildman–Crippen MR) is 109 cm³/mol. The Bertz CT molecular complexity index is 716. The Morgan fingerprint density at radius 3 is 2.85 bits per heavy atom. The summed E-state index contributed by atoms with van der Waals surface area (Å²) in [4.78, 5) is 12.8. The van der Waals surface area contributed by atoms with Crippen LogP contribution in [-0.2, 0) is 16.0 Å². The molecule has 0 aliphatic heterocycles. The van der Waals surface area contributed by atoms with Crippen LogP contribution in [-0.4, -0.2) is 31.3 Å². The number of carbonyl (C=O) groups is 1. The summed E-state index contributed by atoms with van der Waals surface area (Å²) in [5.74, 6) is 6.71. The van der Waals surface area contributed by atoms with Crippen LogP contribution in [0.4, 0.5) is 0 Å². The third kappa shape index (κ3) is 6.01. The third-order valence-corrected chi connectivity index (χ3v) is 5.19. The number of ether oxygens (including phenoxy) is 2. The summed E-state index contributed by atoms with van der Waals surface area (Å²) < 4.78 is 11.5. The molecule has 1 aromatic carbocycles. The Labute approximate surface area is 164 Å². The Kier molecular flexibility index (Phi) is 7.74. The highest BCUT2D eigenvalue weighted by atomic mass is 16.5. The molecule has 1 aliphatic carbocycles. The molecular weight excluding hydrogens is 338 g/mol. The van der Waals surface area contributed by atoms with Crippen LogP contribution in [0, 0.1) is 18.8 Å². The van der Waals surface area contributed by atoms with Crippen LogP contribution < -0.4 is 10.1 Å². The molecule has 2 unspecified atom stereocenters. The molecule has 4 nitrogen and oxygen atoms in total. The van der Waals surface area contributed by atoms with Crippen molar-refractivity contribution in [2.75, 3.05) is 13.7 Å². The van der Waals surface area contributed by atoms with Gasteiger partial charge in [-0.25, -0.2) is 0 Å². The van der Waals surface area contributed by atoms with Crippen LogP contribution in [0.5, 0.6) is 5.75 Å². The van der Waals surface area contributed by atoms with Gasteiger partial charge in [-0.05, 0) is 70.6 Å². The van der Waals surface area contributed by atoms with E-state index in [4.69, 9.17) is 9.47 Å². The minimum Gasteiger partial charge on any atom is -0.496 e. The van der Waals surface area contributed by atoms with E-state index in [9.17, 15) is 4.79 Å². The normalized spacial score (nSPS) is 21.9. The van der Waals surface area contributed by atoms with E-state index in [1.54, 1.807) is 7.11 Å². The van der Waals surface area contributed by atoms with Gasteiger partial charge in [0.2, 0.25) is 5.91 Å². The Hall–Kier alpha value is -1.99. The van der Waals surface area contributed by atoms with Crippen molar-refractivity contribution in [3.05, 3.63) is 28.8 Å². The summed E-state index contributed by atoms with van der Waals surface area (Å²) >= 11 is 0. The zero-order valence-corrected chi connectivity index (χ0v) is 17.4. The van der Waals surface area contributed by atoms with E-state index in [0.717, 1.165) is 61.2 Å². The minimum absolute atomic E-state index is 0.0318. The maximum Gasteiger partial charge on any atom is 0.224 e. The third-order valence-electron chi connectivity index (χ3n) is 5.19. The number of rotatable bonds is 7. The average molecular weight is 372 g/mol. The summed E-state index contributed by atoms with van der Waals surface area (Å²) in [6.07, 6.45) is 5.61. The molecule has 0 radical (unpaired) electrons. The van der Waals surface area contributed by atoms with E-state index in [-0.39, 0.29) is 17.6 Å². The van der Waals surface area contributed by atoms with Gasteiger partial charge >= 0.3 is 0 Å². The van der Waals surface area contributed by atoms with Crippen molar-refractivity contribution in [2.24, 2.45) is 0 Å². The van der Waals surface area contributed by atoms with Crippen molar-refractivity contribution in [1.29, 1.82) is 0 Å². The first-order valence-corrected chi connectivity index (χ1v) is 9.93. The fourth-order valence-corrected chi connectivity index (χ4v) is 3.92. The summed E-state index contributed by atoms with van der Waals surface area (Å²) in [7, 11) is 1.64. The number of methoxy groups -OCH3 is 1. The number of carbonyl (C=O) groups excluding carboxylic acids is 1. The van der Waals surface area contributed by atoms with Gasteiger partial charge in [0.1, 0.15) is 5.75 Å². The quantitative estimate of drug-likeness (QED) is 0.732. The van der Waals surface area contributed by atoms with Crippen molar-refractivity contribution in [1.82, 2.24) is 5.32 Å². The molecule has 27 heavy (non-hydrogen) atoms. The highest BCUT2D eigenvalue weighted by molar-refractivity contribution is 5.80. The Morgan fingerprint density at radius 1 is 1.41 bits per heavy atom. The maximum atomic E-state index is 12.8. The number of benzene rings is 1. The smallest absolute Gasteiger partial charge is 0.224 e. The van der Waals surface area contributed by atoms with Crippen molar-refractivity contribution in [2.45, 2.75) is 77.9 Å². The van der Waals surface area contributed by atoms with Crippen LogP contribution in [0.25, 0.3) is 0 Å². The zero-order chi connectivity index (χ0) is 19.9. The molecule has 1 aliphatic rings. The molecule has 0 saturated heterocycles. The first kappa shape index (κ1) is 21.3. The molecular formula is C23H33NO3. The number of hydrogen-bond donors (Lipinski definition) is 1. The van der Waals surface area contributed by atoms with E-state index in [1.165, 1.54) is 0 Å². The molecule has 2 atom stereocenters. The zero-order valence-electron chi connectivity index (χ0n) is 17.4. The maximum absolute atomic E-state index is 12.8.